The fraction of sp³-hybridized carbons (Fsp3) is 0.333. The van der Waals surface area contributed by atoms with E-state index in [2.05, 4.69) is 4.98 Å². The van der Waals surface area contributed by atoms with Crippen molar-refractivity contribution in [1.82, 2.24) is 4.98 Å². The molecule has 60 valence electrons. The van der Waals surface area contributed by atoms with Gasteiger partial charge >= 0.3 is 0 Å². The summed E-state index contributed by atoms with van der Waals surface area (Å²) in [6.45, 7) is 1.19. The summed E-state index contributed by atoms with van der Waals surface area (Å²) in [5.74, 6) is -0.108. The Balaban J connectivity index is 3.12. The van der Waals surface area contributed by atoms with Crippen LogP contribution in [0.25, 0.3) is 0 Å². The topological polar surface area (TPSA) is 76.2 Å². The number of aliphatic hydroxyl groups is 1. The second kappa shape index (κ2) is 2.98. The van der Waals surface area contributed by atoms with E-state index in [4.69, 9.17) is 10.8 Å². The van der Waals surface area contributed by atoms with E-state index in [1.54, 1.807) is 0 Å². The lowest BCUT2D eigenvalue weighted by Gasteiger charge is -1.89. The second-order valence-electron chi connectivity index (χ2n) is 2.04. The Kier molecular flexibility index (Phi) is 2.21. The van der Waals surface area contributed by atoms with Gasteiger partial charge in [-0.2, -0.15) is 0 Å². The number of nitrogens with two attached hydrogens (primary N) is 1. The molecule has 0 saturated heterocycles. The molecule has 0 amide bonds. The van der Waals surface area contributed by atoms with Crippen molar-refractivity contribution in [2.75, 3.05) is 5.73 Å². The summed E-state index contributed by atoms with van der Waals surface area (Å²) < 4.78 is 0. The molecule has 0 saturated carbocycles. The van der Waals surface area contributed by atoms with Crippen LogP contribution in [0.2, 0.25) is 0 Å². The minimum absolute atomic E-state index is 0.108. The van der Waals surface area contributed by atoms with E-state index >= 15 is 0 Å². The van der Waals surface area contributed by atoms with Crippen molar-refractivity contribution in [2.45, 2.75) is 13.5 Å². The van der Waals surface area contributed by atoms with Gasteiger partial charge in [-0.25, -0.2) is 4.98 Å². The SMILES string of the molecule is CC(=O)c1sc(N)nc1CO. The quantitative estimate of drug-likeness (QED) is 0.634. The number of aliphatic hydroxyl groups excluding tert-OH is 1. The van der Waals surface area contributed by atoms with Crippen LogP contribution in [0.4, 0.5) is 5.13 Å². The molecule has 0 bridgehead atoms. The number of anilines is 1. The molecule has 1 heterocycles. The van der Waals surface area contributed by atoms with E-state index in [9.17, 15) is 4.79 Å². The van der Waals surface area contributed by atoms with Gasteiger partial charge in [0.15, 0.2) is 10.9 Å². The van der Waals surface area contributed by atoms with Crippen molar-refractivity contribution < 1.29 is 9.90 Å². The monoisotopic (exact) mass is 172 g/mol. The molecule has 1 rings (SSSR count). The van der Waals surface area contributed by atoms with Gasteiger partial charge in [-0.15, -0.1) is 0 Å². The maximum absolute atomic E-state index is 10.8. The van der Waals surface area contributed by atoms with Gasteiger partial charge in [0.25, 0.3) is 0 Å². The third-order valence-electron chi connectivity index (χ3n) is 1.18. The number of hydrogen-bond acceptors (Lipinski definition) is 5. The molecular weight excluding hydrogens is 164 g/mol. The number of thiazole rings is 1. The van der Waals surface area contributed by atoms with Gasteiger partial charge in [-0.3, -0.25) is 4.79 Å². The summed E-state index contributed by atoms with van der Waals surface area (Å²) in [5, 5.41) is 9.04. The number of nitrogen functional groups attached to an aromatic ring is 1. The normalized spacial score (nSPS) is 10.0. The Morgan fingerprint density at radius 3 is 2.82 bits per heavy atom. The number of ketones is 1. The van der Waals surface area contributed by atoms with E-state index in [-0.39, 0.29) is 12.4 Å². The number of hydrogen-bond donors (Lipinski definition) is 2. The van der Waals surface area contributed by atoms with Crippen molar-refractivity contribution in [2.24, 2.45) is 0 Å². The molecule has 0 aromatic carbocycles. The van der Waals surface area contributed by atoms with E-state index in [1.807, 2.05) is 0 Å². The summed E-state index contributed by atoms with van der Waals surface area (Å²) in [7, 11) is 0. The highest BCUT2D eigenvalue weighted by molar-refractivity contribution is 7.17. The first-order chi connectivity index (χ1) is 5.15. The van der Waals surface area contributed by atoms with E-state index in [1.165, 1.54) is 6.92 Å². The molecule has 1 aromatic rings. The van der Waals surface area contributed by atoms with Crippen LogP contribution in [0.5, 0.6) is 0 Å². The third-order valence-corrected chi connectivity index (χ3v) is 2.21. The van der Waals surface area contributed by atoms with E-state index < -0.39 is 0 Å². The molecule has 5 heteroatoms. The Morgan fingerprint density at radius 2 is 2.45 bits per heavy atom. The summed E-state index contributed by atoms with van der Waals surface area (Å²) >= 11 is 1.10. The second-order valence-corrected chi connectivity index (χ2v) is 3.07. The molecule has 0 spiro atoms. The van der Waals surface area contributed by atoms with Crippen LogP contribution in [0.1, 0.15) is 22.3 Å². The number of Topliss-reactive ketones (excluding diaryl/α,β-unsaturated/α-hetero) is 1. The minimum Gasteiger partial charge on any atom is -0.390 e. The van der Waals surface area contributed by atoms with Crippen LogP contribution < -0.4 is 5.73 Å². The van der Waals surface area contributed by atoms with E-state index in [0.717, 1.165) is 11.3 Å². The first-order valence-corrected chi connectivity index (χ1v) is 3.83. The van der Waals surface area contributed by atoms with Gasteiger partial charge in [-0.1, -0.05) is 11.3 Å². The van der Waals surface area contributed by atoms with Crippen molar-refractivity contribution in [3.63, 3.8) is 0 Å². The van der Waals surface area contributed by atoms with E-state index in [0.29, 0.717) is 15.7 Å². The molecule has 0 atom stereocenters. The highest BCUT2D eigenvalue weighted by Gasteiger charge is 2.11. The molecule has 0 unspecified atom stereocenters. The molecule has 0 aliphatic carbocycles. The van der Waals surface area contributed by atoms with Crippen LogP contribution >= 0.6 is 11.3 Å². The average molecular weight is 172 g/mol. The lowest BCUT2D eigenvalue weighted by molar-refractivity contribution is 0.101. The largest absolute Gasteiger partial charge is 0.390 e. The minimum atomic E-state index is -0.234. The molecular formula is C6H8N2O2S. The maximum atomic E-state index is 10.8. The molecule has 0 aliphatic rings. The predicted octanol–water partition coefficient (Wildman–Crippen LogP) is 0.420. The molecule has 11 heavy (non-hydrogen) atoms. The summed E-state index contributed by atoms with van der Waals surface area (Å²) in [6.07, 6.45) is 0. The van der Waals surface area contributed by atoms with Gasteiger partial charge < -0.3 is 10.8 Å². The zero-order valence-electron chi connectivity index (χ0n) is 6.00. The average Bonchev–Trinajstić information content (AvgIpc) is 2.30. The van der Waals surface area contributed by atoms with Crippen LogP contribution in [-0.2, 0) is 6.61 Å². The number of nitrogens with zero attached hydrogens (tertiary/aromatic N) is 1. The van der Waals surface area contributed by atoms with Crippen LogP contribution in [0, 0.1) is 0 Å². The first-order valence-electron chi connectivity index (χ1n) is 3.02. The summed E-state index contributed by atoms with van der Waals surface area (Å²) in [6, 6.07) is 0. The summed E-state index contributed by atoms with van der Waals surface area (Å²) in [5.41, 5.74) is 5.71. The van der Waals surface area contributed by atoms with Gasteiger partial charge in [0, 0.05) is 6.92 Å². The van der Waals surface area contributed by atoms with Gasteiger partial charge in [0.1, 0.15) is 0 Å². The number of carbonyl (C=O) groups is 1. The molecule has 3 N–H and O–H groups in total. The zero-order valence-corrected chi connectivity index (χ0v) is 6.81. The molecule has 1 aromatic heterocycles. The standard InChI is InChI=1S/C6H8N2O2S/c1-3(10)5-4(2-9)8-6(7)11-5/h9H,2H2,1H3,(H2,7,8). The lowest BCUT2D eigenvalue weighted by atomic mass is 10.3. The molecule has 0 radical (unpaired) electrons. The van der Waals surface area contributed by atoms with Gasteiger partial charge in [0.05, 0.1) is 17.2 Å². The number of rotatable bonds is 2. The van der Waals surface area contributed by atoms with Crippen molar-refractivity contribution in [3.05, 3.63) is 10.6 Å². The third kappa shape index (κ3) is 1.55. The van der Waals surface area contributed by atoms with Crippen LogP contribution in [-0.4, -0.2) is 15.9 Å². The first kappa shape index (κ1) is 8.16. The number of carbonyl (C=O) groups excluding carboxylic acids is 1. The van der Waals surface area contributed by atoms with Crippen LogP contribution in [0.15, 0.2) is 0 Å². The Morgan fingerprint density at radius 1 is 1.82 bits per heavy atom. The zero-order chi connectivity index (χ0) is 8.43. The fourth-order valence-electron chi connectivity index (χ4n) is 0.752. The molecule has 0 fully saturated rings. The Hall–Kier alpha value is -0.940. The van der Waals surface area contributed by atoms with Gasteiger partial charge in [0.2, 0.25) is 0 Å². The van der Waals surface area contributed by atoms with Crippen molar-refractivity contribution >= 4 is 22.3 Å². The maximum Gasteiger partial charge on any atom is 0.181 e. The van der Waals surface area contributed by atoms with Gasteiger partial charge in [-0.05, 0) is 0 Å². The van der Waals surface area contributed by atoms with Crippen molar-refractivity contribution in [3.8, 4) is 0 Å². The smallest absolute Gasteiger partial charge is 0.181 e. The highest BCUT2D eigenvalue weighted by Crippen LogP contribution is 2.20. The molecule has 4 nitrogen and oxygen atoms in total. The molecule has 0 aliphatic heterocycles. The number of aromatic nitrogens is 1. The predicted molar refractivity (Wildman–Crippen MR) is 42.5 cm³/mol. The Bertz CT molecular complexity index is 282. The summed E-state index contributed by atoms with van der Waals surface area (Å²) in [4.78, 5) is 15.1. The highest BCUT2D eigenvalue weighted by atomic mass is 32.1. The van der Waals surface area contributed by atoms with Crippen molar-refractivity contribution in [1.29, 1.82) is 0 Å². The lowest BCUT2D eigenvalue weighted by Crippen LogP contribution is -1.95. The Labute approximate surface area is 67.7 Å². The van der Waals surface area contributed by atoms with Crippen LogP contribution in [0.3, 0.4) is 0 Å². The fourth-order valence-corrected chi connectivity index (χ4v) is 1.49.